The molecule has 0 saturated carbocycles. The van der Waals surface area contributed by atoms with Gasteiger partial charge in [-0.1, -0.05) is 37.6 Å². The van der Waals surface area contributed by atoms with Crippen molar-refractivity contribution in [3.05, 3.63) is 42.7 Å². The largest absolute Gasteiger partial charge is 0.317 e. The molecule has 2 nitrogen and oxygen atoms in total. The minimum atomic E-state index is 0.862. The van der Waals surface area contributed by atoms with Crippen molar-refractivity contribution in [1.82, 2.24) is 9.55 Å². The van der Waals surface area contributed by atoms with E-state index >= 15 is 0 Å². The van der Waals surface area contributed by atoms with Crippen LogP contribution < -0.4 is 0 Å². The first-order valence-corrected chi connectivity index (χ1v) is 5.39. The van der Waals surface area contributed by atoms with Gasteiger partial charge in [-0.3, -0.25) is 0 Å². The van der Waals surface area contributed by atoms with Crippen molar-refractivity contribution in [1.29, 1.82) is 0 Å². The van der Waals surface area contributed by atoms with Crippen molar-refractivity contribution in [2.24, 2.45) is 0 Å². The fraction of sp³-hybridized carbons (Fsp3) is 0.308. The molecule has 77 valence electrons. The van der Waals surface area contributed by atoms with Crippen LogP contribution in [0, 0.1) is 6.33 Å². The molecule has 1 aromatic carbocycles. The van der Waals surface area contributed by atoms with Gasteiger partial charge in [-0.15, -0.1) is 0 Å². The van der Waals surface area contributed by atoms with E-state index in [1.807, 2.05) is 22.8 Å². The molecule has 0 spiro atoms. The van der Waals surface area contributed by atoms with Crippen molar-refractivity contribution in [3.8, 4) is 0 Å². The smallest absolute Gasteiger partial charge is 0.177 e. The van der Waals surface area contributed by atoms with Crippen LogP contribution in [-0.2, 0) is 6.54 Å². The lowest BCUT2D eigenvalue weighted by atomic mass is 10.3. The summed E-state index contributed by atoms with van der Waals surface area (Å²) < 4.78 is 2.04. The SMILES string of the molecule is CCCC=CCn1[c]nc2ccccc21. The van der Waals surface area contributed by atoms with Crippen LogP contribution in [0.1, 0.15) is 19.8 Å². The third-order valence-electron chi connectivity index (χ3n) is 2.37. The highest BCUT2D eigenvalue weighted by molar-refractivity contribution is 5.74. The molecule has 1 heterocycles. The van der Waals surface area contributed by atoms with Crippen molar-refractivity contribution in [2.75, 3.05) is 0 Å². The van der Waals surface area contributed by atoms with Gasteiger partial charge in [0, 0.05) is 6.54 Å². The summed E-state index contributed by atoms with van der Waals surface area (Å²) in [6.45, 7) is 3.05. The summed E-state index contributed by atoms with van der Waals surface area (Å²) in [5.41, 5.74) is 2.17. The maximum absolute atomic E-state index is 4.22. The molecule has 1 aromatic heterocycles. The number of unbranched alkanes of at least 4 members (excludes halogenated alkanes) is 1. The van der Waals surface area contributed by atoms with E-state index in [0.29, 0.717) is 0 Å². The second-order valence-corrected chi connectivity index (χ2v) is 3.57. The number of benzene rings is 1. The number of para-hydroxylation sites is 2. The summed E-state index contributed by atoms with van der Waals surface area (Å²) in [6, 6.07) is 8.12. The standard InChI is InChI=1S/C13H15N2/c1-2-3-4-7-10-15-11-14-12-8-5-6-9-13(12)15/h4-9H,2-3,10H2,1H3. The zero-order chi connectivity index (χ0) is 10.5. The molecule has 0 bridgehead atoms. The second-order valence-electron chi connectivity index (χ2n) is 3.57. The number of fused-ring (bicyclic) bond motifs is 1. The maximum Gasteiger partial charge on any atom is 0.177 e. The fourth-order valence-corrected chi connectivity index (χ4v) is 1.56. The van der Waals surface area contributed by atoms with Gasteiger partial charge >= 0.3 is 0 Å². The highest BCUT2D eigenvalue weighted by Crippen LogP contribution is 2.11. The molecule has 0 aliphatic rings. The molecule has 0 unspecified atom stereocenters. The quantitative estimate of drug-likeness (QED) is 0.691. The van der Waals surface area contributed by atoms with E-state index in [-0.39, 0.29) is 0 Å². The Morgan fingerprint density at radius 2 is 2.20 bits per heavy atom. The minimum absolute atomic E-state index is 0.862. The van der Waals surface area contributed by atoms with E-state index in [0.717, 1.165) is 24.0 Å². The summed E-state index contributed by atoms with van der Waals surface area (Å²) >= 11 is 0. The van der Waals surface area contributed by atoms with Crippen LogP contribution in [0.4, 0.5) is 0 Å². The molecule has 2 heteroatoms. The van der Waals surface area contributed by atoms with Crippen molar-refractivity contribution >= 4 is 11.0 Å². The highest BCUT2D eigenvalue weighted by Gasteiger charge is 1.98. The normalized spacial score (nSPS) is 11.5. The number of hydrogen-bond donors (Lipinski definition) is 0. The zero-order valence-corrected chi connectivity index (χ0v) is 8.98. The Balaban J connectivity index is 2.14. The molecule has 2 rings (SSSR count). The first-order valence-electron chi connectivity index (χ1n) is 5.39. The van der Waals surface area contributed by atoms with Gasteiger partial charge in [0.2, 0.25) is 0 Å². The van der Waals surface area contributed by atoms with Crippen molar-refractivity contribution in [2.45, 2.75) is 26.3 Å². The van der Waals surface area contributed by atoms with Crippen LogP contribution >= 0.6 is 0 Å². The van der Waals surface area contributed by atoms with E-state index in [1.165, 1.54) is 6.42 Å². The molecular weight excluding hydrogens is 184 g/mol. The van der Waals surface area contributed by atoms with Crippen molar-refractivity contribution < 1.29 is 0 Å². The predicted octanol–water partition coefficient (Wildman–Crippen LogP) is 3.19. The molecule has 0 atom stereocenters. The summed E-state index contributed by atoms with van der Waals surface area (Å²) in [5, 5.41) is 0. The number of aromatic nitrogens is 2. The Labute approximate surface area is 90.3 Å². The molecule has 0 fully saturated rings. The van der Waals surface area contributed by atoms with E-state index in [9.17, 15) is 0 Å². The van der Waals surface area contributed by atoms with Crippen LogP contribution in [0.3, 0.4) is 0 Å². The number of allylic oxidation sites excluding steroid dienone is 2. The van der Waals surface area contributed by atoms with E-state index < -0.39 is 0 Å². The second kappa shape index (κ2) is 4.78. The first-order chi connectivity index (χ1) is 7.42. The van der Waals surface area contributed by atoms with Gasteiger partial charge in [-0.2, -0.15) is 0 Å². The van der Waals surface area contributed by atoms with E-state index in [4.69, 9.17) is 0 Å². The van der Waals surface area contributed by atoms with Gasteiger partial charge in [-0.25, -0.2) is 4.98 Å². The Morgan fingerprint density at radius 3 is 3.07 bits per heavy atom. The van der Waals surface area contributed by atoms with Gasteiger partial charge < -0.3 is 4.57 Å². The summed E-state index contributed by atoms with van der Waals surface area (Å²) in [4.78, 5) is 4.22. The average Bonchev–Trinajstić information content (AvgIpc) is 2.68. The number of imidazole rings is 1. The van der Waals surface area contributed by atoms with Crippen LogP contribution in [0.5, 0.6) is 0 Å². The molecular formula is C13H15N2. The van der Waals surface area contributed by atoms with Gasteiger partial charge in [0.25, 0.3) is 0 Å². The third-order valence-corrected chi connectivity index (χ3v) is 2.37. The Bertz CT molecular complexity index is 454. The predicted molar refractivity (Wildman–Crippen MR) is 62.6 cm³/mol. The maximum atomic E-state index is 4.22. The number of nitrogens with zero attached hydrogens (tertiary/aromatic N) is 2. The highest BCUT2D eigenvalue weighted by atomic mass is 15.0. The topological polar surface area (TPSA) is 17.8 Å². The van der Waals surface area contributed by atoms with Crippen LogP contribution in [0.25, 0.3) is 11.0 Å². The lowest BCUT2D eigenvalue weighted by Crippen LogP contribution is -1.92. The van der Waals surface area contributed by atoms with Gasteiger partial charge in [0.15, 0.2) is 6.33 Å². The Morgan fingerprint density at radius 1 is 1.33 bits per heavy atom. The fourth-order valence-electron chi connectivity index (χ4n) is 1.56. The number of rotatable bonds is 4. The molecule has 0 aliphatic carbocycles. The molecule has 0 amide bonds. The Hall–Kier alpha value is -1.57. The molecule has 0 aliphatic heterocycles. The van der Waals surface area contributed by atoms with Crippen LogP contribution in [0.15, 0.2) is 36.4 Å². The van der Waals surface area contributed by atoms with Gasteiger partial charge in [0.1, 0.15) is 0 Å². The molecule has 15 heavy (non-hydrogen) atoms. The summed E-state index contributed by atoms with van der Waals surface area (Å²) in [7, 11) is 0. The number of hydrogen-bond acceptors (Lipinski definition) is 1. The molecule has 0 saturated heterocycles. The van der Waals surface area contributed by atoms with Crippen molar-refractivity contribution in [3.63, 3.8) is 0 Å². The van der Waals surface area contributed by atoms with Gasteiger partial charge in [-0.05, 0) is 18.6 Å². The average molecular weight is 199 g/mol. The summed E-state index contributed by atoms with van der Waals surface area (Å²) in [5.74, 6) is 0. The lowest BCUT2D eigenvalue weighted by Gasteiger charge is -1.97. The zero-order valence-electron chi connectivity index (χ0n) is 8.98. The Kier molecular flexibility index (Phi) is 3.18. The monoisotopic (exact) mass is 199 g/mol. The minimum Gasteiger partial charge on any atom is -0.317 e. The van der Waals surface area contributed by atoms with Crippen LogP contribution in [-0.4, -0.2) is 9.55 Å². The molecule has 1 radical (unpaired) electrons. The van der Waals surface area contributed by atoms with E-state index in [1.54, 1.807) is 0 Å². The summed E-state index contributed by atoms with van der Waals surface area (Å²) in [6.07, 6.45) is 9.74. The molecule has 0 N–H and O–H groups in total. The first kappa shape index (κ1) is 9.97. The van der Waals surface area contributed by atoms with Gasteiger partial charge in [0.05, 0.1) is 11.0 Å². The third kappa shape index (κ3) is 2.27. The molecule has 2 aromatic rings. The van der Waals surface area contributed by atoms with Crippen LogP contribution in [0.2, 0.25) is 0 Å². The van der Waals surface area contributed by atoms with E-state index in [2.05, 4.69) is 36.5 Å². The lowest BCUT2D eigenvalue weighted by molar-refractivity contribution is 0.832.